The summed E-state index contributed by atoms with van der Waals surface area (Å²) in [5, 5.41) is 12.6. The Morgan fingerprint density at radius 1 is 1.08 bits per heavy atom. The van der Waals surface area contributed by atoms with E-state index in [1.807, 2.05) is 12.1 Å². The highest BCUT2D eigenvalue weighted by Crippen LogP contribution is 2.31. The number of rotatable bonds is 3. The molecule has 25 heavy (non-hydrogen) atoms. The normalized spacial score (nSPS) is 18.9. The lowest BCUT2D eigenvalue weighted by atomic mass is 9.97. The number of nitrogens with zero attached hydrogens (tertiary/aromatic N) is 2. The molecule has 0 aliphatic carbocycles. The largest absolute Gasteiger partial charge is 0.481 e. The van der Waals surface area contributed by atoms with Gasteiger partial charge in [0.05, 0.1) is 17.3 Å². The molecular weight excluding hydrogens is 342 g/mol. The summed E-state index contributed by atoms with van der Waals surface area (Å²) in [6.07, 6.45) is 4.54. The van der Waals surface area contributed by atoms with Crippen LogP contribution in [0, 0.1) is 5.92 Å². The van der Waals surface area contributed by atoms with Gasteiger partial charge >= 0.3 is 12.0 Å². The predicted molar refractivity (Wildman–Crippen MR) is 98.5 cm³/mol. The van der Waals surface area contributed by atoms with Crippen LogP contribution in [0.4, 0.5) is 16.2 Å². The minimum Gasteiger partial charge on any atom is -0.481 e. The molecule has 0 unspecified atom stereocenters. The predicted octanol–water partition coefficient (Wildman–Crippen LogP) is 3.66. The van der Waals surface area contributed by atoms with Crippen molar-refractivity contribution in [1.82, 2.24) is 4.90 Å². The Labute approximate surface area is 152 Å². The summed E-state index contributed by atoms with van der Waals surface area (Å²) in [6.45, 7) is 2.88. The lowest BCUT2D eigenvalue weighted by Crippen LogP contribution is -2.42. The highest BCUT2D eigenvalue weighted by Gasteiger charge is 2.27. The van der Waals surface area contributed by atoms with Crippen molar-refractivity contribution >= 4 is 35.0 Å². The fourth-order valence-electron chi connectivity index (χ4n) is 3.54. The molecule has 2 aliphatic rings. The number of benzene rings is 1. The van der Waals surface area contributed by atoms with Crippen LogP contribution in [0.5, 0.6) is 0 Å². The van der Waals surface area contributed by atoms with E-state index >= 15 is 0 Å². The van der Waals surface area contributed by atoms with Gasteiger partial charge in [0.1, 0.15) is 0 Å². The molecular formula is C18H24ClN3O3. The molecule has 0 atom stereocenters. The minimum absolute atomic E-state index is 0.190. The van der Waals surface area contributed by atoms with Gasteiger partial charge in [0.15, 0.2) is 0 Å². The van der Waals surface area contributed by atoms with E-state index in [2.05, 4.69) is 10.2 Å². The standard InChI is InChI=1S/C18H24ClN3O3/c19-14-4-5-16(21-8-2-1-3-9-21)15(12-14)20-18(25)22-10-6-13(7-11-22)17(23)24/h4-5,12-13H,1-3,6-11H2,(H,20,25)(H,23,24). The van der Waals surface area contributed by atoms with Gasteiger partial charge in [-0.2, -0.15) is 0 Å². The van der Waals surface area contributed by atoms with E-state index in [4.69, 9.17) is 16.7 Å². The smallest absolute Gasteiger partial charge is 0.321 e. The van der Waals surface area contributed by atoms with Gasteiger partial charge in [-0.15, -0.1) is 0 Å². The van der Waals surface area contributed by atoms with E-state index in [0.29, 0.717) is 31.0 Å². The van der Waals surface area contributed by atoms with Crippen LogP contribution in [0.2, 0.25) is 5.02 Å². The molecule has 1 aromatic rings. The van der Waals surface area contributed by atoms with Crippen molar-refractivity contribution in [3.05, 3.63) is 23.2 Å². The fraction of sp³-hybridized carbons (Fsp3) is 0.556. The zero-order valence-electron chi connectivity index (χ0n) is 14.2. The van der Waals surface area contributed by atoms with Crippen molar-refractivity contribution in [3.63, 3.8) is 0 Å². The van der Waals surface area contributed by atoms with Gasteiger partial charge in [0.2, 0.25) is 0 Å². The van der Waals surface area contributed by atoms with Crippen molar-refractivity contribution in [3.8, 4) is 0 Å². The summed E-state index contributed by atoms with van der Waals surface area (Å²) in [6, 6.07) is 5.40. The van der Waals surface area contributed by atoms with Crippen LogP contribution in [-0.2, 0) is 4.79 Å². The molecule has 2 saturated heterocycles. The second-order valence-corrected chi connectivity index (χ2v) is 7.18. The van der Waals surface area contributed by atoms with Crippen molar-refractivity contribution in [2.24, 2.45) is 5.92 Å². The van der Waals surface area contributed by atoms with E-state index in [1.165, 1.54) is 6.42 Å². The van der Waals surface area contributed by atoms with E-state index in [0.717, 1.165) is 37.3 Å². The number of carbonyl (C=O) groups excluding carboxylic acids is 1. The fourth-order valence-corrected chi connectivity index (χ4v) is 3.71. The Balaban J connectivity index is 1.68. The van der Waals surface area contributed by atoms with Gasteiger partial charge in [0.25, 0.3) is 0 Å². The number of hydrogen-bond donors (Lipinski definition) is 2. The van der Waals surface area contributed by atoms with E-state index in [9.17, 15) is 9.59 Å². The number of hydrogen-bond acceptors (Lipinski definition) is 3. The van der Waals surface area contributed by atoms with Crippen molar-refractivity contribution in [2.45, 2.75) is 32.1 Å². The molecule has 2 fully saturated rings. The maximum atomic E-state index is 12.6. The van der Waals surface area contributed by atoms with Gasteiger partial charge in [-0.05, 0) is 50.3 Å². The van der Waals surface area contributed by atoms with Crippen LogP contribution in [0.3, 0.4) is 0 Å². The van der Waals surface area contributed by atoms with Crippen LogP contribution in [-0.4, -0.2) is 48.2 Å². The molecule has 2 amide bonds. The van der Waals surface area contributed by atoms with Crippen LogP contribution in [0.15, 0.2) is 18.2 Å². The monoisotopic (exact) mass is 365 g/mol. The summed E-state index contributed by atoms with van der Waals surface area (Å²) >= 11 is 6.13. The average molecular weight is 366 g/mol. The number of likely N-dealkylation sites (tertiary alicyclic amines) is 1. The maximum Gasteiger partial charge on any atom is 0.321 e. The first kappa shape index (κ1) is 17.9. The number of carboxylic acids is 1. The molecule has 0 spiro atoms. The number of carbonyl (C=O) groups is 2. The molecule has 136 valence electrons. The Morgan fingerprint density at radius 2 is 1.76 bits per heavy atom. The summed E-state index contributed by atoms with van der Waals surface area (Å²) in [7, 11) is 0. The first-order valence-corrected chi connectivity index (χ1v) is 9.25. The third kappa shape index (κ3) is 4.37. The van der Waals surface area contributed by atoms with Crippen LogP contribution in [0.25, 0.3) is 0 Å². The van der Waals surface area contributed by atoms with Gasteiger partial charge < -0.3 is 20.2 Å². The number of anilines is 2. The topological polar surface area (TPSA) is 72.9 Å². The number of nitrogens with one attached hydrogen (secondary N) is 1. The summed E-state index contributed by atoms with van der Waals surface area (Å²) < 4.78 is 0. The lowest BCUT2D eigenvalue weighted by Gasteiger charge is -2.33. The van der Waals surface area contributed by atoms with Crippen molar-refractivity contribution < 1.29 is 14.7 Å². The molecule has 3 rings (SSSR count). The van der Waals surface area contributed by atoms with Gasteiger partial charge in [0, 0.05) is 31.2 Å². The summed E-state index contributed by atoms with van der Waals surface area (Å²) in [5.74, 6) is -1.12. The zero-order valence-corrected chi connectivity index (χ0v) is 15.0. The Morgan fingerprint density at radius 3 is 2.40 bits per heavy atom. The zero-order chi connectivity index (χ0) is 17.8. The molecule has 2 heterocycles. The molecule has 2 aliphatic heterocycles. The van der Waals surface area contributed by atoms with Gasteiger partial charge in [-0.1, -0.05) is 11.6 Å². The van der Waals surface area contributed by atoms with E-state index in [1.54, 1.807) is 11.0 Å². The first-order chi connectivity index (χ1) is 12.0. The third-order valence-electron chi connectivity index (χ3n) is 5.03. The van der Waals surface area contributed by atoms with Crippen LogP contribution in [0.1, 0.15) is 32.1 Å². The quantitative estimate of drug-likeness (QED) is 0.857. The number of urea groups is 1. The molecule has 0 saturated carbocycles. The maximum absolute atomic E-state index is 12.6. The molecule has 0 bridgehead atoms. The molecule has 0 aromatic heterocycles. The van der Waals surface area contributed by atoms with Gasteiger partial charge in [-0.3, -0.25) is 4.79 Å². The average Bonchev–Trinajstić information content (AvgIpc) is 2.62. The number of piperidine rings is 2. The Kier molecular flexibility index (Phi) is 5.68. The Bertz CT molecular complexity index is 638. The molecule has 1 aromatic carbocycles. The SMILES string of the molecule is O=C(O)C1CCN(C(=O)Nc2cc(Cl)ccc2N2CCCCC2)CC1. The first-order valence-electron chi connectivity index (χ1n) is 8.88. The van der Waals surface area contributed by atoms with Crippen LogP contribution < -0.4 is 10.2 Å². The Hall–Kier alpha value is -1.95. The summed E-state index contributed by atoms with van der Waals surface area (Å²) in [4.78, 5) is 27.6. The molecule has 6 nitrogen and oxygen atoms in total. The molecule has 2 N–H and O–H groups in total. The van der Waals surface area contributed by atoms with E-state index in [-0.39, 0.29) is 11.9 Å². The van der Waals surface area contributed by atoms with Crippen molar-refractivity contribution in [2.75, 3.05) is 36.4 Å². The molecule has 7 heteroatoms. The highest BCUT2D eigenvalue weighted by atomic mass is 35.5. The number of halogens is 1. The lowest BCUT2D eigenvalue weighted by molar-refractivity contribution is -0.143. The van der Waals surface area contributed by atoms with E-state index < -0.39 is 5.97 Å². The number of aliphatic carboxylic acids is 1. The van der Waals surface area contributed by atoms with Crippen LogP contribution >= 0.6 is 11.6 Å². The second-order valence-electron chi connectivity index (χ2n) is 6.74. The van der Waals surface area contributed by atoms with Crippen molar-refractivity contribution in [1.29, 1.82) is 0 Å². The second kappa shape index (κ2) is 7.95. The third-order valence-corrected chi connectivity index (χ3v) is 5.26. The minimum atomic E-state index is -0.776. The molecule has 0 radical (unpaired) electrons. The summed E-state index contributed by atoms with van der Waals surface area (Å²) in [5.41, 5.74) is 1.72. The number of amides is 2. The number of carboxylic acid groups (broad SMARTS) is 1. The van der Waals surface area contributed by atoms with Gasteiger partial charge in [-0.25, -0.2) is 4.79 Å². The highest BCUT2D eigenvalue weighted by molar-refractivity contribution is 6.31.